The second-order valence-electron chi connectivity index (χ2n) is 12.5. The maximum atomic E-state index is 4.58. The first-order chi connectivity index (χ1) is 24.8. The number of benzene rings is 7. The summed E-state index contributed by atoms with van der Waals surface area (Å²) in [5, 5.41) is 2.49. The van der Waals surface area contributed by atoms with Gasteiger partial charge in [-0.15, -0.1) is 11.3 Å². The van der Waals surface area contributed by atoms with Crippen molar-refractivity contribution in [1.29, 1.82) is 0 Å². The van der Waals surface area contributed by atoms with E-state index >= 15 is 0 Å². The van der Waals surface area contributed by atoms with Crippen molar-refractivity contribution >= 4 is 48.7 Å². The topological polar surface area (TPSA) is 16.1 Å². The monoisotopic (exact) mass is 656 g/mol. The minimum Gasteiger partial charge on any atom is -0.311 e. The van der Waals surface area contributed by atoms with E-state index in [1.54, 1.807) is 11.3 Å². The Morgan fingerprint density at radius 2 is 0.780 bits per heavy atom. The normalized spacial score (nSPS) is 11.2. The Kier molecular flexibility index (Phi) is 7.73. The van der Waals surface area contributed by atoms with Gasteiger partial charge in [-0.1, -0.05) is 127 Å². The molecule has 0 fully saturated rings. The average Bonchev–Trinajstić information content (AvgIpc) is 3.58. The first kappa shape index (κ1) is 29.8. The molecular formula is C47H32N2S. The summed E-state index contributed by atoms with van der Waals surface area (Å²) in [6.45, 7) is 0. The van der Waals surface area contributed by atoms with E-state index in [1.165, 1.54) is 60.0 Å². The molecular weight excluding hydrogens is 625 g/mol. The number of fused-ring (bicyclic) bond motifs is 3. The van der Waals surface area contributed by atoms with Crippen LogP contribution in [0.4, 0.5) is 17.1 Å². The van der Waals surface area contributed by atoms with E-state index < -0.39 is 0 Å². The molecule has 7 aromatic carbocycles. The van der Waals surface area contributed by atoms with Gasteiger partial charge in [0, 0.05) is 38.7 Å². The van der Waals surface area contributed by atoms with Crippen molar-refractivity contribution in [3.05, 3.63) is 194 Å². The van der Waals surface area contributed by atoms with Gasteiger partial charge in [0.25, 0.3) is 0 Å². The van der Waals surface area contributed by atoms with Gasteiger partial charge >= 0.3 is 0 Å². The van der Waals surface area contributed by atoms with Gasteiger partial charge in [0.15, 0.2) is 0 Å². The zero-order chi connectivity index (χ0) is 33.3. The molecule has 3 heteroatoms. The van der Waals surface area contributed by atoms with Gasteiger partial charge in [0.05, 0.1) is 0 Å². The fourth-order valence-corrected chi connectivity index (χ4v) is 7.87. The Labute approximate surface area is 296 Å². The smallest absolute Gasteiger partial charge is 0.124 e. The molecule has 0 atom stereocenters. The first-order valence-electron chi connectivity index (χ1n) is 16.9. The lowest BCUT2D eigenvalue weighted by Gasteiger charge is -2.26. The van der Waals surface area contributed by atoms with Crippen LogP contribution in [0.25, 0.3) is 64.8 Å². The van der Waals surface area contributed by atoms with Crippen LogP contribution in [0.1, 0.15) is 0 Å². The predicted molar refractivity (Wildman–Crippen MR) is 214 cm³/mol. The van der Waals surface area contributed by atoms with Crippen LogP contribution < -0.4 is 4.90 Å². The number of anilines is 3. The fraction of sp³-hybridized carbons (Fsp3) is 0. The van der Waals surface area contributed by atoms with E-state index in [-0.39, 0.29) is 0 Å². The zero-order valence-electron chi connectivity index (χ0n) is 27.3. The summed E-state index contributed by atoms with van der Waals surface area (Å²) in [7, 11) is 0. The molecule has 0 aliphatic rings. The third kappa shape index (κ3) is 5.74. The van der Waals surface area contributed by atoms with E-state index in [9.17, 15) is 0 Å². The summed E-state index contributed by atoms with van der Waals surface area (Å²) in [5.41, 5.74) is 12.9. The van der Waals surface area contributed by atoms with Crippen molar-refractivity contribution in [2.24, 2.45) is 0 Å². The molecule has 0 unspecified atom stereocenters. The Bertz CT molecular complexity index is 2470. The molecule has 0 bridgehead atoms. The molecule has 2 heterocycles. The van der Waals surface area contributed by atoms with Crippen LogP contribution in [0.2, 0.25) is 0 Å². The van der Waals surface area contributed by atoms with Gasteiger partial charge in [-0.05, 0) is 105 Å². The van der Waals surface area contributed by atoms with Crippen LogP contribution in [0.5, 0.6) is 0 Å². The van der Waals surface area contributed by atoms with Crippen molar-refractivity contribution in [3.63, 3.8) is 0 Å². The second kappa shape index (κ2) is 13.0. The zero-order valence-corrected chi connectivity index (χ0v) is 28.1. The summed E-state index contributed by atoms with van der Waals surface area (Å²) in [5.74, 6) is 0. The Morgan fingerprint density at radius 1 is 0.340 bits per heavy atom. The molecule has 2 aromatic heterocycles. The van der Waals surface area contributed by atoms with E-state index in [2.05, 4.69) is 192 Å². The average molecular weight is 657 g/mol. The van der Waals surface area contributed by atoms with Crippen molar-refractivity contribution in [1.82, 2.24) is 4.98 Å². The highest BCUT2D eigenvalue weighted by atomic mass is 32.1. The van der Waals surface area contributed by atoms with Gasteiger partial charge < -0.3 is 4.90 Å². The van der Waals surface area contributed by atoms with Crippen molar-refractivity contribution in [2.45, 2.75) is 0 Å². The van der Waals surface area contributed by atoms with E-state index in [0.29, 0.717) is 0 Å². The quantitative estimate of drug-likeness (QED) is 0.170. The van der Waals surface area contributed by atoms with Crippen molar-refractivity contribution in [3.8, 4) is 44.5 Å². The summed E-state index contributed by atoms with van der Waals surface area (Å²) >= 11 is 1.75. The molecule has 0 aliphatic carbocycles. The van der Waals surface area contributed by atoms with Crippen LogP contribution in [-0.2, 0) is 0 Å². The van der Waals surface area contributed by atoms with Gasteiger partial charge in [-0.25, -0.2) is 4.98 Å². The predicted octanol–water partition coefficient (Wildman–Crippen LogP) is 13.6. The third-order valence-corrected chi connectivity index (χ3v) is 10.4. The van der Waals surface area contributed by atoms with Crippen LogP contribution in [0.3, 0.4) is 0 Å². The lowest BCUT2D eigenvalue weighted by atomic mass is 9.98. The van der Waals surface area contributed by atoms with Crippen LogP contribution in [0.15, 0.2) is 194 Å². The van der Waals surface area contributed by atoms with Crippen LogP contribution >= 0.6 is 11.3 Å². The number of pyridine rings is 1. The van der Waals surface area contributed by atoms with E-state index in [4.69, 9.17) is 0 Å². The maximum Gasteiger partial charge on any atom is 0.124 e. The number of thiophene rings is 1. The number of rotatable bonds is 7. The Balaban J connectivity index is 1.05. The second-order valence-corrected chi connectivity index (χ2v) is 13.5. The molecule has 50 heavy (non-hydrogen) atoms. The minimum absolute atomic E-state index is 1.09. The molecule has 9 aromatic rings. The molecule has 0 saturated carbocycles. The standard InChI is InChI=1S/C47H32N2S/c1-3-9-33(10-4-1)35-16-23-41(24-17-35)49(42-25-18-36(19-26-42)34-11-5-2-6-12-34)43-27-20-37(21-28-43)38-13-7-14-39(31-38)40-22-29-44-45-15-8-30-48-47(45)50-46(44)32-40/h1-32H. The van der Waals surface area contributed by atoms with Crippen LogP contribution in [-0.4, -0.2) is 4.98 Å². The van der Waals surface area contributed by atoms with Gasteiger partial charge in [-0.2, -0.15) is 0 Å². The number of nitrogens with zero attached hydrogens (tertiary/aromatic N) is 2. The number of aromatic nitrogens is 1. The first-order valence-corrected chi connectivity index (χ1v) is 17.7. The molecule has 0 amide bonds. The van der Waals surface area contributed by atoms with E-state index in [0.717, 1.165) is 21.9 Å². The maximum absolute atomic E-state index is 4.58. The molecule has 0 spiro atoms. The third-order valence-electron chi connectivity index (χ3n) is 9.37. The summed E-state index contributed by atoms with van der Waals surface area (Å²) in [6.07, 6.45) is 1.87. The molecule has 0 radical (unpaired) electrons. The van der Waals surface area contributed by atoms with E-state index in [1.807, 2.05) is 12.3 Å². The molecule has 2 nitrogen and oxygen atoms in total. The van der Waals surface area contributed by atoms with Crippen LogP contribution in [0, 0.1) is 0 Å². The minimum atomic E-state index is 1.09. The molecule has 0 aliphatic heterocycles. The molecule has 0 N–H and O–H groups in total. The summed E-state index contributed by atoms with van der Waals surface area (Å²) in [6, 6.07) is 67.5. The lowest BCUT2D eigenvalue weighted by Crippen LogP contribution is -2.09. The molecule has 9 rings (SSSR count). The number of hydrogen-bond acceptors (Lipinski definition) is 3. The van der Waals surface area contributed by atoms with Gasteiger partial charge in [0.2, 0.25) is 0 Å². The highest BCUT2D eigenvalue weighted by Crippen LogP contribution is 2.39. The molecule has 236 valence electrons. The lowest BCUT2D eigenvalue weighted by molar-refractivity contribution is 1.28. The SMILES string of the molecule is c1ccc(-c2ccc(N(c3ccc(-c4ccccc4)cc3)c3ccc(-c4cccc(-c5ccc6c(c5)sc5ncccc56)c4)cc3)cc2)cc1. The Hall–Kier alpha value is -6.29. The summed E-state index contributed by atoms with van der Waals surface area (Å²) < 4.78 is 1.26. The largest absolute Gasteiger partial charge is 0.311 e. The van der Waals surface area contributed by atoms with Crippen molar-refractivity contribution < 1.29 is 0 Å². The summed E-state index contributed by atoms with van der Waals surface area (Å²) in [4.78, 5) is 8.00. The Morgan fingerprint density at radius 3 is 1.34 bits per heavy atom. The fourth-order valence-electron chi connectivity index (χ4n) is 6.79. The highest BCUT2D eigenvalue weighted by molar-refractivity contribution is 7.25. The molecule has 0 saturated heterocycles. The highest BCUT2D eigenvalue weighted by Gasteiger charge is 2.14. The van der Waals surface area contributed by atoms with Gasteiger partial charge in [0.1, 0.15) is 4.83 Å². The van der Waals surface area contributed by atoms with Gasteiger partial charge in [-0.3, -0.25) is 0 Å². The van der Waals surface area contributed by atoms with Crippen molar-refractivity contribution in [2.75, 3.05) is 4.90 Å². The number of hydrogen-bond donors (Lipinski definition) is 0.